The molecule has 0 aliphatic rings. The summed E-state index contributed by atoms with van der Waals surface area (Å²) in [5.74, 6) is 0.952. The minimum absolute atomic E-state index is 0.349. The van der Waals surface area contributed by atoms with E-state index in [1.54, 1.807) is 4.68 Å². The Morgan fingerprint density at radius 3 is 2.53 bits per heavy atom. The van der Waals surface area contributed by atoms with Gasteiger partial charge in [-0.2, -0.15) is 10.2 Å². The first-order valence-corrected chi connectivity index (χ1v) is 6.21. The molecule has 90 valence electrons. The quantitative estimate of drug-likeness (QED) is 0.806. The summed E-state index contributed by atoms with van der Waals surface area (Å²) in [5.41, 5.74) is 2.61. The van der Waals surface area contributed by atoms with Gasteiger partial charge in [0.05, 0.1) is 17.3 Å². The van der Waals surface area contributed by atoms with E-state index in [1.165, 1.54) is 0 Å². The van der Waals surface area contributed by atoms with Gasteiger partial charge in [-0.25, -0.2) is 4.68 Å². The van der Waals surface area contributed by atoms with Gasteiger partial charge in [0.2, 0.25) is 0 Å². The van der Waals surface area contributed by atoms with Gasteiger partial charge in [-0.15, -0.1) is 16.7 Å². The fourth-order valence-corrected chi connectivity index (χ4v) is 2.19. The van der Waals surface area contributed by atoms with Crippen molar-refractivity contribution in [1.82, 2.24) is 20.0 Å². The van der Waals surface area contributed by atoms with E-state index in [0.29, 0.717) is 16.9 Å². The third-order valence-electron chi connectivity index (χ3n) is 2.47. The van der Waals surface area contributed by atoms with Crippen molar-refractivity contribution in [2.24, 2.45) is 0 Å². The van der Waals surface area contributed by atoms with Crippen molar-refractivity contribution in [1.29, 1.82) is 0 Å². The number of nitrogens with zero attached hydrogens (tertiary/aromatic N) is 4. The van der Waals surface area contributed by atoms with E-state index < -0.39 is 0 Å². The standard InChI is InChI=1S/C11H12Cl2N4/c1-3-9-8(6-12)11(13)17(16-9)10-5-4-7(2)14-15-10/h4-5H,3,6H2,1-2H3. The molecule has 2 aromatic heterocycles. The maximum Gasteiger partial charge on any atom is 0.177 e. The smallest absolute Gasteiger partial charge is 0.177 e. The number of hydrogen-bond donors (Lipinski definition) is 0. The Balaban J connectivity index is 2.52. The SMILES string of the molecule is CCc1nn(-c2ccc(C)nn2)c(Cl)c1CCl. The Hall–Kier alpha value is -1.13. The van der Waals surface area contributed by atoms with Gasteiger partial charge in [0.1, 0.15) is 5.15 Å². The van der Waals surface area contributed by atoms with E-state index in [4.69, 9.17) is 23.2 Å². The highest BCUT2D eigenvalue weighted by Gasteiger charge is 2.16. The summed E-state index contributed by atoms with van der Waals surface area (Å²) < 4.78 is 1.57. The Labute approximate surface area is 110 Å². The molecule has 0 aromatic carbocycles. The first kappa shape index (κ1) is 12.3. The first-order chi connectivity index (χ1) is 8.17. The molecule has 0 aliphatic carbocycles. The number of aryl methyl sites for hydroxylation is 2. The van der Waals surface area contributed by atoms with Crippen LogP contribution in [0.3, 0.4) is 0 Å². The van der Waals surface area contributed by atoms with Crippen LogP contribution in [0.15, 0.2) is 12.1 Å². The zero-order chi connectivity index (χ0) is 12.4. The van der Waals surface area contributed by atoms with E-state index >= 15 is 0 Å². The van der Waals surface area contributed by atoms with Crippen LogP contribution in [0.4, 0.5) is 0 Å². The second-order valence-corrected chi connectivity index (χ2v) is 4.27. The monoisotopic (exact) mass is 270 g/mol. The van der Waals surface area contributed by atoms with Crippen molar-refractivity contribution < 1.29 is 0 Å². The molecule has 2 aromatic rings. The zero-order valence-electron chi connectivity index (χ0n) is 9.61. The van der Waals surface area contributed by atoms with Crippen LogP contribution in [-0.2, 0) is 12.3 Å². The molecule has 4 nitrogen and oxygen atoms in total. The summed E-state index contributed by atoms with van der Waals surface area (Å²) in [6.07, 6.45) is 0.786. The van der Waals surface area contributed by atoms with E-state index in [1.807, 2.05) is 26.0 Å². The maximum atomic E-state index is 6.23. The fourth-order valence-electron chi connectivity index (χ4n) is 1.54. The van der Waals surface area contributed by atoms with Crippen LogP contribution in [-0.4, -0.2) is 20.0 Å². The molecule has 2 rings (SSSR count). The molecule has 0 saturated heterocycles. The number of hydrogen-bond acceptors (Lipinski definition) is 3. The molecule has 0 spiro atoms. The minimum atomic E-state index is 0.349. The predicted octanol–water partition coefficient (Wildman–Crippen LogP) is 2.93. The second-order valence-electron chi connectivity index (χ2n) is 3.65. The average Bonchev–Trinajstić information content (AvgIpc) is 2.66. The Kier molecular flexibility index (Phi) is 3.64. The van der Waals surface area contributed by atoms with E-state index in [9.17, 15) is 0 Å². The highest BCUT2D eigenvalue weighted by Crippen LogP contribution is 2.24. The van der Waals surface area contributed by atoms with Gasteiger partial charge in [-0.3, -0.25) is 0 Å². The summed E-state index contributed by atoms with van der Waals surface area (Å²) in [6, 6.07) is 3.70. The van der Waals surface area contributed by atoms with Crippen molar-refractivity contribution in [3.05, 3.63) is 34.2 Å². The molecule has 17 heavy (non-hydrogen) atoms. The van der Waals surface area contributed by atoms with E-state index in [2.05, 4.69) is 15.3 Å². The molecule has 0 atom stereocenters. The van der Waals surface area contributed by atoms with E-state index in [-0.39, 0.29) is 0 Å². The summed E-state index contributed by atoms with van der Waals surface area (Å²) in [4.78, 5) is 0. The van der Waals surface area contributed by atoms with Crippen molar-refractivity contribution in [2.45, 2.75) is 26.1 Å². The number of rotatable bonds is 3. The molecule has 0 unspecified atom stereocenters. The summed E-state index contributed by atoms with van der Waals surface area (Å²) in [5, 5.41) is 12.9. The lowest BCUT2D eigenvalue weighted by molar-refractivity contribution is 0.786. The van der Waals surface area contributed by atoms with Gasteiger partial charge < -0.3 is 0 Å². The van der Waals surface area contributed by atoms with E-state index in [0.717, 1.165) is 23.4 Å². The molecule has 6 heteroatoms. The summed E-state index contributed by atoms with van der Waals surface area (Å²) in [7, 11) is 0. The van der Waals surface area contributed by atoms with Crippen molar-refractivity contribution in [2.75, 3.05) is 0 Å². The van der Waals surface area contributed by atoms with Gasteiger partial charge >= 0.3 is 0 Å². The minimum Gasteiger partial charge on any atom is -0.201 e. The van der Waals surface area contributed by atoms with Crippen LogP contribution in [0.25, 0.3) is 5.82 Å². The average molecular weight is 271 g/mol. The zero-order valence-corrected chi connectivity index (χ0v) is 11.1. The Morgan fingerprint density at radius 1 is 1.29 bits per heavy atom. The lowest BCUT2D eigenvalue weighted by Crippen LogP contribution is -2.02. The van der Waals surface area contributed by atoms with Crippen LogP contribution in [0, 0.1) is 6.92 Å². The van der Waals surface area contributed by atoms with Gasteiger partial charge in [-0.05, 0) is 25.5 Å². The Morgan fingerprint density at radius 2 is 2.06 bits per heavy atom. The third kappa shape index (κ3) is 2.28. The normalized spacial score (nSPS) is 10.8. The molecule has 2 heterocycles. The largest absolute Gasteiger partial charge is 0.201 e. The maximum absolute atomic E-state index is 6.23. The van der Waals surface area contributed by atoms with Crippen LogP contribution < -0.4 is 0 Å². The lowest BCUT2D eigenvalue weighted by atomic mass is 10.2. The molecule has 0 saturated carbocycles. The fraction of sp³-hybridized carbons (Fsp3) is 0.364. The van der Waals surface area contributed by atoms with Crippen LogP contribution in [0.2, 0.25) is 5.15 Å². The number of halogens is 2. The number of aromatic nitrogens is 4. The molecule has 0 N–H and O–H groups in total. The van der Waals surface area contributed by atoms with Crippen LogP contribution >= 0.6 is 23.2 Å². The molecular weight excluding hydrogens is 259 g/mol. The van der Waals surface area contributed by atoms with Gasteiger partial charge in [0.15, 0.2) is 5.82 Å². The van der Waals surface area contributed by atoms with Crippen molar-refractivity contribution in [3.63, 3.8) is 0 Å². The van der Waals surface area contributed by atoms with Crippen molar-refractivity contribution >= 4 is 23.2 Å². The highest BCUT2D eigenvalue weighted by molar-refractivity contribution is 6.31. The summed E-state index contributed by atoms with van der Waals surface area (Å²) in [6.45, 7) is 3.89. The van der Waals surface area contributed by atoms with Gasteiger partial charge in [0.25, 0.3) is 0 Å². The molecule has 0 aliphatic heterocycles. The Bertz CT molecular complexity index is 519. The first-order valence-electron chi connectivity index (χ1n) is 5.30. The molecular formula is C11H12Cl2N4. The van der Waals surface area contributed by atoms with Gasteiger partial charge in [0, 0.05) is 5.56 Å². The van der Waals surface area contributed by atoms with Crippen LogP contribution in [0.1, 0.15) is 23.9 Å². The van der Waals surface area contributed by atoms with Crippen molar-refractivity contribution in [3.8, 4) is 5.82 Å². The molecule has 0 bridgehead atoms. The lowest BCUT2D eigenvalue weighted by Gasteiger charge is -2.01. The molecule has 0 radical (unpaired) electrons. The predicted molar refractivity (Wildman–Crippen MR) is 67.8 cm³/mol. The number of alkyl halides is 1. The summed E-state index contributed by atoms with van der Waals surface area (Å²) >= 11 is 12.1. The highest BCUT2D eigenvalue weighted by atomic mass is 35.5. The second kappa shape index (κ2) is 5.02. The molecule has 0 fully saturated rings. The van der Waals surface area contributed by atoms with Crippen LogP contribution in [0.5, 0.6) is 0 Å². The third-order valence-corrected chi connectivity index (χ3v) is 3.13. The van der Waals surface area contributed by atoms with Gasteiger partial charge in [-0.1, -0.05) is 18.5 Å². The molecule has 0 amide bonds. The topological polar surface area (TPSA) is 43.6 Å².